The highest BCUT2D eigenvalue weighted by Gasteiger charge is 2.24. The molecule has 1 atom stereocenters. The van der Waals surface area contributed by atoms with Crippen LogP contribution < -0.4 is 5.73 Å². The molecule has 0 aromatic heterocycles. The van der Waals surface area contributed by atoms with Crippen LogP contribution in [0.25, 0.3) is 0 Å². The molecule has 0 bridgehead atoms. The standard InChI is InChI=1S/C14H23NO/c1-4-14(2,3)13(15)11-16-10-12-8-6-5-7-9-12/h5-9,13H,4,10-11,15H2,1-3H3. The molecule has 0 fully saturated rings. The van der Waals surface area contributed by atoms with Crippen molar-refractivity contribution in [1.29, 1.82) is 0 Å². The molecule has 1 aromatic carbocycles. The SMILES string of the molecule is CCC(C)(C)C(N)COCc1ccccc1. The van der Waals surface area contributed by atoms with Crippen LogP contribution in [0, 0.1) is 5.41 Å². The van der Waals surface area contributed by atoms with Gasteiger partial charge in [0.15, 0.2) is 0 Å². The van der Waals surface area contributed by atoms with Gasteiger partial charge in [0, 0.05) is 6.04 Å². The van der Waals surface area contributed by atoms with Gasteiger partial charge in [0.25, 0.3) is 0 Å². The zero-order valence-electron chi connectivity index (χ0n) is 10.6. The summed E-state index contributed by atoms with van der Waals surface area (Å²) in [7, 11) is 0. The molecule has 0 aliphatic carbocycles. The molecule has 1 aromatic rings. The monoisotopic (exact) mass is 221 g/mol. The van der Waals surface area contributed by atoms with Crippen LogP contribution in [0.3, 0.4) is 0 Å². The summed E-state index contributed by atoms with van der Waals surface area (Å²) < 4.78 is 5.64. The summed E-state index contributed by atoms with van der Waals surface area (Å²) >= 11 is 0. The smallest absolute Gasteiger partial charge is 0.0717 e. The third-order valence-corrected chi connectivity index (χ3v) is 3.32. The summed E-state index contributed by atoms with van der Waals surface area (Å²) in [4.78, 5) is 0. The van der Waals surface area contributed by atoms with Crippen LogP contribution in [0.4, 0.5) is 0 Å². The first-order chi connectivity index (χ1) is 7.56. The molecule has 0 saturated carbocycles. The average Bonchev–Trinajstić information content (AvgIpc) is 2.30. The second-order valence-electron chi connectivity index (χ2n) is 4.95. The van der Waals surface area contributed by atoms with Gasteiger partial charge in [-0.1, -0.05) is 51.1 Å². The minimum absolute atomic E-state index is 0.0983. The van der Waals surface area contributed by atoms with Gasteiger partial charge >= 0.3 is 0 Å². The number of ether oxygens (including phenoxy) is 1. The van der Waals surface area contributed by atoms with E-state index in [1.807, 2.05) is 18.2 Å². The molecule has 0 aliphatic heterocycles. The fraction of sp³-hybridized carbons (Fsp3) is 0.571. The Hall–Kier alpha value is -0.860. The van der Waals surface area contributed by atoms with E-state index in [0.29, 0.717) is 13.2 Å². The van der Waals surface area contributed by atoms with E-state index in [-0.39, 0.29) is 11.5 Å². The Bertz CT molecular complexity index is 295. The zero-order chi connectivity index (χ0) is 12.0. The van der Waals surface area contributed by atoms with Gasteiger partial charge in [-0.2, -0.15) is 0 Å². The van der Waals surface area contributed by atoms with Gasteiger partial charge in [0.05, 0.1) is 13.2 Å². The van der Waals surface area contributed by atoms with Crippen molar-refractivity contribution < 1.29 is 4.74 Å². The zero-order valence-corrected chi connectivity index (χ0v) is 10.6. The molecular weight excluding hydrogens is 198 g/mol. The summed E-state index contributed by atoms with van der Waals surface area (Å²) in [6.45, 7) is 7.80. The van der Waals surface area contributed by atoms with Gasteiger partial charge in [-0.3, -0.25) is 0 Å². The summed E-state index contributed by atoms with van der Waals surface area (Å²) in [5.74, 6) is 0. The summed E-state index contributed by atoms with van der Waals surface area (Å²) in [5, 5.41) is 0. The first kappa shape index (κ1) is 13.2. The van der Waals surface area contributed by atoms with E-state index in [0.717, 1.165) is 6.42 Å². The molecule has 2 heteroatoms. The predicted octanol–water partition coefficient (Wildman–Crippen LogP) is 2.97. The van der Waals surface area contributed by atoms with Crippen LogP contribution in [-0.4, -0.2) is 12.6 Å². The van der Waals surface area contributed by atoms with E-state index in [2.05, 4.69) is 32.9 Å². The molecular formula is C14H23NO. The van der Waals surface area contributed by atoms with Crippen molar-refractivity contribution in [2.24, 2.45) is 11.1 Å². The molecule has 0 amide bonds. The van der Waals surface area contributed by atoms with E-state index >= 15 is 0 Å². The van der Waals surface area contributed by atoms with Crippen LogP contribution in [0.1, 0.15) is 32.8 Å². The highest BCUT2D eigenvalue weighted by atomic mass is 16.5. The van der Waals surface area contributed by atoms with Crippen molar-refractivity contribution in [2.45, 2.75) is 39.8 Å². The number of benzene rings is 1. The van der Waals surface area contributed by atoms with Gasteiger partial charge in [-0.15, -0.1) is 0 Å². The van der Waals surface area contributed by atoms with Crippen LogP contribution in [0.5, 0.6) is 0 Å². The number of hydrogen-bond donors (Lipinski definition) is 1. The number of rotatable bonds is 6. The summed E-state index contributed by atoms with van der Waals surface area (Å²) in [6, 6.07) is 10.3. The molecule has 90 valence electrons. The second-order valence-corrected chi connectivity index (χ2v) is 4.95. The van der Waals surface area contributed by atoms with E-state index in [9.17, 15) is 0 Å². The molecule has 2 nitrogen and oxygen atoms in total. The minimum atomic E-state index is 0.0983. The van der Waals surface area contributed by atoms with Crippen LogP contribution in [-0.2, 0) is 11.3 Å². The van der Waals surface area contributed by atoms with Crippen molar-refractivity contribution in [3.63, 3.8) is 0 Å². The molecule has 0 aliphatic rings. The topological polar surface area (TPSA) is 35.2 Å². The Morgan fingerprint density at radius 3 is 2.44 bits per heavy atom. The van der Waals surface area contributed by atoms with Crippen molar-refractivity contribution >= 4 is 0 Å². The maximum atomic E-state index is 6.10. The minimum Gasteiger partial charge on any atom is -0.375 e. The molecule has 0 saturated heterocycles. The lowest BCUT2D eigenvalue weighted by molar-refractivity contribution is 0.0729. The molecule has 0 radical (unpaired) electrons. The van der Waals surface area contributed by atoms with Gasteiger partial charge in [0.1, 0.15) is 0 Å². The van der Waals surface area contributed by atoms with Crippen LogP contribution >= 0.6 is 0 Å². The Balaban J connectivity index is 2.31. The van der Waals surface area contributed by atoms with Gasteiger partial charge in [0.2, 0.25) is 0 Å². The second kappa shape index (κ2) is 6.02. The first-order valence-corrected chi connectivity index (χ1v) is 5.93. The van der Waals surface area contributed by atoms with Crippen LogP contribution in [0.15, 0.2) is 30.3 Å². The third kappa shape index (κ3) is 3.95. The molecule has 0 heterocycles. The van der Waals surface area contributed by atoms with Crippen molar-refractivity contribution in [2.75, 3.05) is 6.61 Å². The van der Waals surface area contributed by atoms with E-state index in [1.54, 1.807) is 0 Å². The Labute approximate surface area is 98.8 Å². The predicted molar refractivity (Wildman–Crippen MR) is 68.1 cm³/mol. The average molecular weight is 221 g/mol. The first-order valence-electron chi connectivity index (χ1n) is 5.93. The lowest BCUT2D eigenvalue weighted by Gasteiger charge is -2.30. The Kier molecular flexibility index (Phi) is 4.97. The molecule has 16 heavy (non-hydrogen) atoms. The van der Waals surface area contributed by atoms with E-state index in [4.69, 9.17) is 10.5 Å². The lowest BCUT2D eigenvalue weighted by atomic mass is 9.83. The van der Waals surface area contributed by atoms with Gasteiger partial charge in [-0.05, 0) is 17.4 Å². The Morgan fingerprint density at radius 1 is 1.25 bits per heavy atom. The highest BCUT2D eigenvalue weighted by Crippen LogP contribution is 2.23. The fourth-order valence-electron chi connectivity index (χ4n) is 1.37. The number of hydrogen-bond acceptors (Lipinski definition) is 2. The van der Waals surface area contributed by atoms with Gasteiger partial charge in [-0.25, -0.2) is 0 Å². The maximum absolute atomic E-state index is 6.10. The van der Waals surface area contributed by atoms with Crippen molar-refractivity contribution in [3.05, 3.63) is 35.9 Å². The van der Waals surface area contributed by atoms with Crippen molar-refractivity contribution in [1.82, 2.24) is 0 Å². The molecule has 0 spiro atoms. The normalized spacial score (nSPS) is 13.8. The van der Waals surface area contributed by atoms with E-state index in [1.165, 1.54) is 5.56 Å². The molecule has 1 unspecified atom stereocenters. The van der Waals surface area contributed by atoms with Crippen molar-refractivity contribution in [3.8, 4) is 0 Å². The van der Waals surface area contributed by atoms with E-state index < -0.39 is 0 Å². The van der Waals surface area contributed by atoms with Crippen LogP contribution in [0.2, 0.25) is 0 Å². The summed E-state index contributed by atoms with van der Waals surface area (Å²) in [6.07, 6.45) is 1.07. The number of nitrogens with two attached hydrogens (primary N) is 1. The quantitative estimate of drug-likeness (QED) is 0.801. The maximum Gasteiger partial charge on any atom is 0.0717 e. The molecule has 1 rings (SSSR count). The fourth-order valence-corrected chi connectivity index (χ4v) is 1.37. The largest absolute Gasteiger partial charge is 0.375 e. The van der Waals surface area contributed by atoms with Gasteiger partial charge < -0.3 is 10.5 Å². The lowest BCUT2D eigenvalue weighted by Crippen LogP contribution is -2.40. The highest BCUT2D eigenvalue weighted by molar-refractivity contribution is 5.13. The molecule has 2 N–H and O–H groups in total. The summed E-state index contributed by atoms with van der Waals surface area (Å²) in [5.41, 5.74) is 7.45. The Morgan fingerprint density at radius 2 is 1.88 bits per heavy atom. The third-order valence-electron chi connectivity index (χ3n) is 3.32.